The molecule has 0 bridgehead atoms. The maximum atomic E-state index is 11.3. The largest absolute Gasteiger partial charge is 0.374 e. The highest BCUT2D eigenvalue weighted by molar-refractivity contribution is 6.31. The number of halogens is 1. The van der Waals surface area contributed by atoms with Gasteiger partial charge in [-0.25, -0.2) is 0 Å². The summed E-state index contributed by atoms with van der Waals surface area (Å²) in [6, 6.07) is 5.31. The molecule has 82 valence electrons. The Labute approximate surface area is 94.8 Å². The summed E-state index contributed by atoms with van der Waals surface area (Å²) in [5.41, 5.74) is 1.84. The molecule has 1 aromatic rings. The summed E-state index contributed by atoms with van der Waals surface area (Å²) in [7, 11) is 1.62. The highest BCUT2D eigenvalue weighted by Gasteiger charge is 2.11. The fourth-order valence-corrected chi connectivity index (χ4v) is 1.45. The predicted octanol–water partition coefficient (Wildman–Crippen LogP) is 2.19. The molecule has 3 nitrogen and oxygen atoms in total. The zero-order valence-corrected chi connectivity index (χ0v) is 9.85. The van der Waals surface area contributed by atoms with E-state index in [1.807, 2.05) is 25.1 Å². The number of nitrogens with one attached hydrogen (secondary N) is 2. The van der Waals surface area contributed by atoms with Crippen LogP contribution in [0.1, 0.15) is 12.5 Å². The van der Waals surface area contributed by atoms with Crippen LogP contribution >= 0.6 is 11.6 Å². The van der Waals surface area contributed by atoms with Crippen LogP contribution in [-0.4, -0.2) is 19.0 Å². The van der Waals surface area contributed by atoms with Crippen molar-refractivity contribution in [3.8, 4) is 0 Å². The van der Waals surface area contributed by atoms with Gasteiger partial charge in [0.2, 0.25) is 5.91 Å². The van der Waals surface area contributed by atoms with Crippen LogP contribution < -0.4 is 10.6 Å². The molecule has 4 heteroatoms. The minimum absolute atomic E-state index is 0.0469. The van der Waals surface area contributed by atoms with Gasteiger partial charge in [-0.3, -0.25) is 4.79 Å². The SMILES string of the molecule is CNC(=O)C(C)Nc1cccc(Cl)c1C. The smallest absolute Gasteiger partial charge is 0.241 e. The Bertz CT molecular complexity index is 366. The molecule has 0 saturated carbocycles. The van der Waals surface area contributed by atoms with Gasteiger partial charge < -0.3 is 10.6 Å². The van der Waals surface area contributed by atoms with Gasteiger partial charge in [-0.05, 0) is 31.5 Å². The molecule has 0 fully saturated rings. The first-order valence-electron chi connectivity index (χ1n) is 4.79. The number of hydrogen-bond donors (Lipinski definition) is 2. The molecule has 2 N–H and O–H groups in total. The summed E-state index contributed by atoms with van der Waals surface area (Å²) >= 11 is 5.97. The third kappa shape index (κ3) is 2.86. The molecule has 0 aliphatic rings. The molecule has 0 heterocycles. The molecule has 0 aliphatic heterocycles. The summed E-state index contributed by atoms with van der Waals surface area (Å²) < 4.78 is 0. The lowest BCUT2D eigenvalue weighted by molar-refractivity contribution is -0.121. The number of carbonyl (C=O) groups excluding carboxylic acids is 1. The van der Waals surface area contributed by atoms with Crippen LogP contribution in [0.25, 0.3) is 0 Å². The van der Waals surface area contributed by atoms with Gasteiger partial charge in [0.05, 0.1) is 0 Å². The van der Waals surface area contributed by atoms with E-state index in [9.17, 15) is 4.79 Å². The molecule has 1 aromatic carbocycles. The Morgan fingerprint density at radius 3 is 2.73 bits per heavy atom. The third-order valence-electron chi connectivity index (χ3n) is 2.28. The second-order valence-corrected chi connectivity index (χ2v) is 3.80. The van der Waals surface area contributed by atoms with Crippen molar-refractivity contribution in [3.63, 3.8) is 0 Å². The van der Waals surface area contributed by atoms with Crippen LogP contribution in [0.3, 0.4) is 0 Å². The van der Waals surface area contributed by atoms with Gasteiger partial charge in [0.15, 0.2) is 0 Å². The summed E-state index contributed by atoms with van der Waals surface area (Å²) in [6.07, 6.45) is 0. The zero-order chi connectivity index (χ0) is 11.4. The molecule has 0 saturated heterocycles. The van der Waals surface area contributed by atoms with E-state index >= 15 is 0 Å². The van der Waals surface area contributed by atoms with Gasteiger partial charge in [0.1, 0.15) is 6.04 Å². The van der Waals surface area contributed by atoms with Crippen LogP contribution in [0.5, 0.6) is 0 Å². The molecule has 15 heavy (non-hydrogen) atoms. The molecule has 1 atom stereocenters. The van der Waals surface area contributed by atoms with Crippen molar-refractivity contribution in [1.29, 1.82) is 0 Å². The molecular formula is C11H15ClN2O. The maximum absolute atomic E-state index is 11.3. The van der Waals surface area contributed by atoms with Crippen molar-refractivity contribution < 1.29 is 4.79 Å². The molecule has 0 spiro atoms. The van der Waals surface area contributed by atoms with Crippen molar-refractivity contribution in [3.05, 3.63) is 28.8 Å². The number of anilines is 1. The average Bonchev–Trinajstić information content (AvgIpc) is 2.23. The van der Waals surface area contributed by atoms with Crippen LogP contribution in [0.15, 0.2) is 18.2 Å². The summed E-state index contributed by atoms with van der Waals surface area (Å²) in [5, 5.41) is 6.39. The van der Waals surface area contributed by atoms with Gasteiger partial charge in [0, 0.05) is 17.8 Å². The number of carbonyl (C=O) groups is 1. The topological polar surface area (TPSA) is 41.1 Å². The Kier molecular flexibility index (Phi) is 3.97. The first-order chi connectivity index (χ1) is 7.06. The van der Waals surface area contributed by atoms with Crippen molar-refractivity contribution in [1.82, 2.24) is 5.32 Å². The predicted molar refractivity (Wildman–Crippen MR) is 63.3 cm³/mol. The molecule has 0 radical (unpaired) electrons. The quantitative estimate of drug-likeness (QED) is 0.830. The number of amides is 1. The van der Waals surface area contributed by atoms with Gasteiger partial charge >= 0.3 is 0 Å². The van der Waals surface area contributed by atoms with Crippen LogP contribution in [0.2, 0.25) is 5.02 Å². The summed E-state index contributed by atoms with van der Waals surface area (Å²) in [5.74, 6) is -0.0469. The Morgan fingerprint density at radius 2 is 2.13 bits per heavy atom. The van der Waals surface area contributed by atoms with E-state index in [0.29, 0.717) is 5.02 Å². The maximum Gasteiger partial charge on any atom is 0.241 e. The van der Waals surface area contributed by atoms with Gasteiger partial charge in [-0.2, -0.15) is 0 Å². The second-order valence-electron chi connectivity index (χ2n) is 3.39. The van der Waals surface area contributed by atoms with E-state index in [1.54, 1.807) is 14.0 Å². The van der Waals surface area contributed by atoms with Crippen molar-refractivity contribution in [2.45, 2.75) is 19.9 Å². The lowest BCUT2D eigenvalue weighted by Crippen LogP contribution is -2.35. The van der Waals surface area contributed by atoms with E-state index in [0.717, 1.165) is 11.3 Å². The number of hydrogen-bond acceptors (Lipinski definition) is 2. The number of rotatable bonds is 3. The second kappa shape index (κ2) is 5.03. The normalized spacial score (nSPS) is 12.0. The number of benzene rings is 1. The van der Waals surface area contributed by atoms with Gasteiger partial charge in [-0.1, -0.05) is 17.7 Å². The minimum atomic E-state index is -0.271. The fourth-order valence-electron chi connectivity index (χ4n) is 1.28. The Balaban J connectivity index is 2.81. The molecule has 1 unspecified atom stereocenters. The Morgan fingerprint density at radius 1 is 1.47 bits per heavy atom. The van der Waals surface area contributed by atoms with Gasteiger partial charge in [-0.15, -0.1) is 0 Å². The van der Waals surface area contributed by atoms with Crippen LogP contribution in [-0.2, 0) is 4.79 Å². The van der Waals surface area contributed by atoms with Crippen molar-refractivity contribution in [2.24, 2.45) is 0 Å². The lowest BCUT2D eigenvalue weighted by Gasteiger charge is -2.16. The van der Waals surface area contributed by atoms with Crippen molar-refractivity contribution >= 4 is 23.2 Å². The molecule has 0 aliphatic carbocycles. The zero-order valence-electron chi connectivity index (χ0n) is 9.10. The molecule has 1 rings (SSSR count). The van der Waals surface area contributed by atoms with E-state index in [-0.39, 0.29) is 11.9 Å². The van der Waals surface area contributed by atoms with E-state index in [2.05, 4.69) is 10.6 Å². The summed E-state index contributed by atoms with van der Waals surface area (Å²) in [6.45, 7) is 3.72. The number of likely N-dealkylation sites (N-methyl/N-ethyl adjacent to an activating group) is 1. The van der Waals surface area contributed by atoms with Crippen LogP contribution in [0.4, 0.5) is 5.69 Å². The Hall–Kier alpha value is -1.22. The lowest BCUT2D eigenvalue weighted by atomic mass is 10.2. The molecule has 1 amide bonds. The third-order valence-corrected chi connectivity index (χ3v) is 2.69. The van der Waals surface area contributed by atoms with Crippen LogP contribution in [0, 0.1) is 6.92 Å². The fraction of sp³-hybridized carbons (Fsp3) is 0.364. The molecular weight excluding hydrogens is 212 g/mol. The summed E-state index contributed by atoms with van der Waals surface area (Å²) in [4.78, 5) is 11.3. The van der Waals surface area contributed by atoms with E-state index < -0.39 is 0 Å². The average molecular weight is 227 g/mol. The van der Waals surface area contributed by atoms with Crippen molar-refractivity contribution in [2.75, 3.05) is 12.4 Å². The first-order valence-corrected chi connectivity index (χ1v) is 5.17. The minimum Gasteiger partial charge on any atom is -0.374 e. The monoisotopic (exact) mass is 226 g/mol. The highest BCUT2D eigenvalue weighted by Crippen LogP contribution is 2.23. The molecule has 0 aromatic heterocycles. The highest BCUT2D eigenvalue weighted by atomic mass is 35.5. The van der Waals surface area contributed by atoms with Gasteiger partial charge in [0.25, 0.3) is 0 Å². The van der Waals surface area contributed by atoms with E-state index in [4.69, 9.17) is 11.6 Å². The first kappa shape index (κ1) is 11.9. The van der Waals surface area contributed by atoms with E-state index in [1.165, 1.54) is 0 Å². The standard InChI is InChI=1S/C11H15ClN2O/c1-7-9(12)5-4-6-10(7)14-8(2)11(15)13-3/h4-6,8,14H,1-3H3,(H,13,15).